The molecule has 0 spiro atoms. The summed E-state index contributed by atoms with van der Waals surface area (Å²) in [7, 11) is 2.94. The van der Waals surface area contributed by atoms with E-state index < -0.39 is 5.97 Å². The van der Waals surface area contributed by atoms with E-state index in [9.17, 15) is 9.59 Å². The lowest BCUT2D eigenvalue weighted by Crippen LogP contribution is -2.37. The van der Waals surface area contributed by atoms with E-state index in [1.165, 1.54) is 25.4 Å². The Morgan fingerprint density at radius 2 is 1.79 bits per heavy atom. The Morgan fingerprint density at radius 3 is 2.43 bits per heavy atom. The van der Waals surface area contributed by atoms with Crippen LogP contribution >= 0.6 is 0 Å². The van der Waals surface area contributed by atoms with Gasteiger partial charge in [0.05, 0.1) is 14.2 Å². The third-order valence-electron chi connectivity index (χ3n) is 4.66. The Balaban J connectivity index is 1.58. The highest BCUT2D eigenvalue weighted by molar-refractivity contribution is 5.95. The predicted octanol–water partition coefficient (Wildman–Crippen LogP) is 3.18. The van der Waals surface area contributed by atoms with Gasteiger partial charge in [0.15, 0.2) is 18.1 Å². The first-order valence-electron chi connectivity index (χ1n) is 9.04. The van der Waals surface area contributed by atoms with Crippen molar-refractivity contribution in [3.05, 3.63) is 65.7 Å². The van der Waals surface area contributed by atoms with Gasteiger partial charge in [0, 0.05) is 13.1 Å². The van der Waals surface area contributed by atoms with E-state index in [-0.39, 0.29) is 23.8 Å². The van der Waals surface area contributed by atoms with Crippen LogP contribution in [0, 0.1) is 0 Å². The van der Waals surface area contributed by atoms with Gasteiger partial charge < -0.3 is 19.1 Å². The van der Waals surface area contributed by atoms with Crippen LogP contribution in [0.2, 0.25) is 0 Å². The van der Waals surface area contributed by atoms with Gasteiger partial charge in [-0.05, 0) is 29.7 Å². The Kier molecular flexibility index (Phi) is 6.32. The number of hydrogen-bond donors (Lipinski definition) is 0. The van der Waals surface area contributed by atoms with Crippen molar-refractivity contribution in [1.29, 1.82) is 0 Å². The molecule has 1 amide bonds. The topological polar surface area (TPSA) is 65.1 Å². The number of carbonyl (C=O) groups excluding carboxylic acids is 2. The molecule has 3 rings (SSSR count). The SMILES string of the molecule is COc1cccc(C(=O)OCC(=O)N2CC=C(c3ccccc3)CC2)c1OC. The molecule has 0 unspecified atom stereocenters. The van der Waals surface area contributed by atoms with Crippen LogP contribution in [0.3, 0.4) is 0 Å². The molecule has 28 heavy (non-hydrogen) atoms. The molecule has 0 aromatic heterocycles. The Morgan fingerprint density at radius 1 is 1.00 bits per heavy atom. The molecule has 2 aromatic rings. The van der Waals surface area contributed by atoms with Crippen molar-refractivity contribution in [2.24, 2.45) is 0 Å². The number of ether oxygens (including phenoxy) is 3. The van der Waals surface area contributed by atoms with Crippen LogP contribution in [0.4, 0.5) is 0 Å². The maximum Gasteiger partial charge on any atom is 0.342 e. The number of rotatable bonds is 6. The van der Waals surface area contributed by atoms with Gasteiger partial charge in [-0.1, -0.05) is 42.5 Å². The monoisotopic (exact) mass is 381 g/mol. The first-order chi connectivity index (χ1) is 13.6. The van der Waals surface area contributed by atoms with E-state index in [1.807, 2.05) is 24.3 Å². The lowest BCUT2D eigenvalue weighted by molar-refractivity contribution is -0.134. The van der Waals surface area contributed by atoms with Gasteiger partial charge in [0.25, 0.3) is 5.91 Å². The summed E-state index contributed by atoms with van der Waals surface area (Å²) < 4.78 is 15.6. The van der Waals surface area contributed by atoms with Crippen molar-refractivity contribution in [1.82, 2.24) is 4.90 Å². The molecule has 0 radical (unpaired) electrons. The fraction of sp³-hybridized carbons (Fsp3) is 0.273. The number of para-hydroxylation sites is 1. The van der Waals surface area contributed by atoms with Gasteiger partial charge in [0.1, 0.15) is 5.56 Å². The van der Waals surface area contributed by atoms with Gasteiger partial charge in [-0.3, -0.25) is 4.79 Å². The normalized spacial score (nSPS) is 13.5. The molecule has 0 N–H and O–H groups in total. The van der Waals surface area contributed by atoms with Gasteiger partial charge >= 0.3 is 5.97 Å². The summed E-state index contributed by atoms with van der Waals surface area (Å²) in [6, 6.07) is 15.0. The van der Waals surface area contributed by atoms with Crippen LogP contribution in [0.5, 0.6) is 11.5 Å². The average molecular weight is 381 g/mol. The summed E-state index contributed by atoms with van der Waals surface area (Å²) in [6.07, 6.45) is 2.82. The average Bonchev–Trinajstić information content (AvgIpc) is 2.77. The number of benzene rings is 2. The molecule has 6 nitrogen and oxygen atoms in total. The van der Waals surface area contributed by atoms with Crippen LogP contribution in [-0.2, 0) is 9.53 Å². The molecule has 0 saturated heterocycles. The molecule has 2 aromatic carbocycles. The predicted molar refractivity (Wildman–Crippen MR) is 105 cm³/mol. The second kappa shape index (κ2) is 9.08. The van der Waals surface area contributed by atoms with E-state index in [1.54, 1.807) is 23.1 Å². The highest BCUT2D eigenvalue weighted by Gasteiger charge is 2.22. The van der Waals surface area contributed by atoms with Crippen molar-refractivity contribution < 1.29 is 23.8 Å². The summed E-state index contributed by atoms with van der Waals surface area (Å²) >= 11 is 0. The Bertz CT molecular complexity index is 876. The number of esters is 1. The van der Waals surface area contributed by atoms with Crippen molar-refractivity contribution in [3.8, 4) is 11.5 Å². The molecule has 0 atom stereocenters. The van der Waals surface area contributed by atoms with Gasteiger partial charge in [0.2, 0.25) is 0 Å². The van der Waals surface area contributed by atoms with Crippen LogP contribution in [0.1, 0.15) is 22.3 Å². The van der Waals surface area contributed by atoms with Crippen LogP contribution in [-0.4, -0.2) is 50.7 Å². The summed E-state index contributed by atoms with van der Waals surface area (Å²) in [5.74, 6) is -0.131. The standard InChI is InChI=1S/C22H23NO5/c1-26-19-10-6-9-18(21(19)27-2)22(25)28-15-20(24)23-13-11-17(12-14-23)16-7-4-3-5-8-16/h3-11H,12-15H2,1-2H3. The third kappa shape index (κ3) is 4.34. The minimum atomic E-state index is -0.623. The van der Waals surface area contributed by atoms with Crippen molar-refractivity contribution >= 4 is 17.4 Å². The Hall–Kier alpha value is -3.28. The lowest BCUT2D eigenvalue weighted by atomic mass is 10.00. The van der Waals surface area contributed by atoms with Gasteiger partial charge in [-0.15, -0.1) is 0 Å². The quantitative estimate of drug-likeness (QED) is 0.719. The summed E-state index contributed by atoms with van der Waals surface area (Å²) in [4.78, 5) is 26.5. The highest BCUT2D eigenvalue weighted by atomic mass is 16.5. The van der Waals surface area contributed by atoms with Crippen molar-refractivity contribution in [2.45, 2.75) is 6.42 Å². The molecule has 0 fully saturated rings. The zero-order valence-corrected chi connectivity index (χ0v) is 16.0. The second-order valence-corrected chi connectivity index (χ2v) is 6.30. The first kappa shape index (κ1) is 19.5. The van der Waals surface area contributed by atoms with Crippen LogP contribution in [0.15, 0.2) is 54.6 Å². The third-order valence-corrected chi connectivity index (χ3v) is 4.66. The minimum absolute atomic E-state index is 0.222. The zero-order chi connectivity index (χ0) is 19.9. The van der Waals surface area contributed by atoms with Crippen molar-refractivity contribution in [3.63, 3.8) is 0 Å². The molecule has 1 aliphatic heterocycles. The molecular formula is C22H23NO5. The van der Waals surface area contributed by atoms with E-state index in [4.69, 9.17) is 14.2 Å². The summed E-state index contributed by atoms with van der Waals surface area (Å²) in [6.45, 7) is 0.788. The molecular weight excluding hydrogens is 358 g/mol. The number of nitrogens with zero attached hydrogens (tertiary/aromatic N) is 1. The number of amides is 1. The van der Waals surface area contributed by atoms with E-state index >= 15 is 0 Å². The van der Waals surface area contributed by atoms with E-state index in [2.05, 4.69) is 12.1 Å². The molecule has 6 heteroatoms. The van der Waals surface area contributed by atoms with Gasteiger partial charge in [-0.25, -0.2) is 4.79 Å². The summed E-state index contributed by atoms with van der Waals surface area (Å²) in [5, 5.41) is 0. The summed E-state index contributed by atoms with van der Waals surface area (Å²) in [5.41, 5.74) is 2.62. The molecule has 1 aliphatic rings. The Labute approximate surface area is 164 Å². The molecule has 146 valence electrons. The van der Waals surface area contributed by atoms with Gasteiger partial charge in [-0.2, -0.15) is 0 Å². The molecule has 0 saturated carbocycles. The number of hydrogen-bond acceptors (Lipinski definition) is 5. The number of carbonyl (C=O) groups is 2. The van der Waals surface area contributed by atoms with E-state index in [0.29, 0.717) is 18.8 Å². The highest BCUT2D eigenvalue weighted by Crippen LogP contribution is 2.31. The first-order valence-corrected chi connectivity index (χ1v) is 9.04. The second-order valence-electron chi connectivity index (χ2n) is 6.30. The molecule has 0 bridgehead atoms. The molecule has 0 aliphatic carbocycles. The zero-order valence-electron chi connectivity index (χ0n) is 16.0. The van der Waals surface area contributed by atoms with Crippen LogP contribution in [0.25, 0.3) is 5.57 Å². The fourth-order valence-corrected chi connectivity index (χ4v) is 3.15. The van der Waals surface area contributed by atoms with Crippen LogP contribution < -0.4 is 9.47 Å². The molecule has 1 heterocycles. The largest absolute Gasteiger partial charge is 0.493 e. The van der Waals surface area contributed by atoms with E-state index in [0.717, 1.165) is 6.42 Å². The minimum Gasteiger partial charge on any atom is -0.493 e. The van der Waals surface area contributed by atoms with Crippen molar-refractivity contribution in [2.75, 3.05) is 33.9 Å². The fourth-order valence-electron chi connectivity index (χ4n) is 3.15. The maximum absolute atomic E-state index is 12.4. The lowest BCUT2D eigenvalue weighted by Gasteiger charge is -2.26. The smallest absolute Gasteiger partial charge is 0.342 e. The maximum atomic E-state index is 12.4. The number of methoxy groups -OCH3 is 2.